The molecule has 0 aromatic carbocycles. The van der Waals surface area contributed by atoms with Crippen LogP contribution >= 0.6 is 0 Å². The highest BCUT2D eigenvalue weighted by Gasteiger charge is 2.27. The molecule has 0 aromatic rings. The standard InChI is InChI=1S/C15H28N2O3/c1-15(2,3)12(16)8-13(18)17-9-10-4-6-11(7-5-10)14(19)20/h10-12H,4-9,16H2,1-3H3,(H,17,18)(H,19,20). The molecule has 0 aliphatic heterocycles. The molecule has 116 valence electrons. The van der Waals surface area contributed by atoms with Gasteiger partial charge in [-0.3, -0.25) is 9.59 Å². The zero-order chi connectivity index (χ0) is 15.3. The van der Waals surface area contributed by atoms with Crippen molar-refractivity contribution in [3.8, 4) is 0 Å². The number of hydrogen-bond acceptors (Lipinski definition) is 3. The number of carboxylic acid groups (broad SMARTS) is 1. The number of carbonyl (C=O) groups is 2. The van der Waals surface area contributed by atoms with Gasteiger partial charge in [0.15, 0.2) is 0 Å². The van der Waals surface area contributed by atoms with Crippen molar-refractivity contribution >= 4 is 11.9 Å². The summed E-state index contributed by atoms with van der Waals surface area (Å²) in [6.07, 6.45) is 3.54. The molecular weight excluding hydrogens is 256 g/mol. The Balaban J connectivity index is 2.24. The summed E-state index contributed by atoms with van der Waals surface area (Å²) in [6, 6.07) is -0.148. The van der Waals surface area contributed by atoms with Crippen molar-refractivity contribution in [2.75, 3.05) is 6.54 Å². The van der Waals surface area contributed by atoms with Crippen molar-refractivity contribution in [2.45, 2.75) is 58.9 Å². The summed E-state index contributed by atoms with van der Waals surface area (Å²) in [5.41, 5.74) is 5.91. The highest BCUT2D eigenvalue weighted by Crippen LogP contribution is 2.28. The number of aliphatic carboxylic acids is 1. The number of nitrogens with two attached hydrogens (primary N) is 1. The summed E-state index contributed by atoms with van der Waals surface area (Å²) in [5, 5.41) is 11.9. The molecule has 0 spiro atoms. The lowest BCUT2D eigenvalue weighted by molar-refractivity contribution is -0.143. The monoisotopic (exact) mass is 284 g/mol. The van der Waals surface area contributed by atoms with E-state index in [1.807, 2.05) is 20.8 Å². The highest BCUT2D eigenvalue weighted by atomic mass is 16.4. The predicted molar refractivity (Wildman–Crippen MR) is 78.1 cm³/mol. The first kappa shape index (κ1) is 17.0. The van der Waals surface area contributed by atoms with Crippen LogP contribution < -0.4 is 11.1 Å². The Hall–Kier alpha value is -1.10. The van der Waals surface area contributed by atoms with Gasteiger partial charge in [0.1, 0.15) is 0 Å². The molecule has 0 heterocycles. The Morgan fingerprint density at radius 3 is 2.25 bits per heavy atom. The van der Waals surface area contributed by atoms with Crippen LogP contribution in [0.25, 0.3) is 0 Å². The Morgan fingerprint density at radius 1 is 1.25 bits per heavy atom. The SMILES string of the molecule is CC(C)(C)C(N)CC(=O)NCC1CCC(C(=O)O)CC1. The maximum Gasteiger partial charge on any atom is 0.306 e. The van der Waals surface area contributed by atoms with Gasteiger partial charge in [-0.15, -0.1) is 0 Å². The zero-order valence-electron chi connectivity index (χ0n) is 12.8. The zero-order valence-corrected chi connectivity index (χ0v) is 12.8. The Kier molecular flexibility index (Phi) is 5.99. The minimum atomic E-state index is -0.691. The fraction of sp³-hybridized carbons (Fsp3) is 0.867. The van der Waals surface area contributed by atoms with Gasteiger partial charge >= 0.3 is 5.97 Å². The smallest absolute Gasteiger partial charge is 0.306 e. The molecule has 4 N–H and O–H groups in total. The van der Waals surface area contributed by atoms with E-state index in [0.29, 0.717) is 18.9 Å². The van der Waals surface area contributed by atoms with Gasteiger partial charge in [0.2, 0.25) is 5.91 Å². The summed E-state index contributed by atoms with van der Waals surface area (Å²) in [6.45, 7) is 6.72. The maximum absolute atomic E-state index is 11.8. The van der Waals surface area contributed by atoms with Gasteiger partial charge in [0.05, 0.1) is 5.92 Å². The molecule has 1 atom stereocenters. The number of nitrogens with one attached hydrogen (secondary N) is 1. The van der Waals surface area contributed by atoms with E-state index < -0.39 is 5.97 Å². The van der Waals surface area contributed by atoms with E-state index in [1.165, 1.54) is 0 Å². The molecule has 0 saturated heterocycles. The molecule has 1 aliphatic carbocycles. The lowest BCUT2D eigenvalue weighted by Crippen LogP contribution is -2.41. The maximum atomic E-state index is 11.8. The Morgan fingerprint density at radius 2 is 1.80 bits per heavy atom. The predicted octanol–water partition coefficient (Wildman–Crippen LogP) is 1.76. The van der Waals surface area contributed by atoms with Crippen molar-refractivity contribution in [1.29, 1.82) is 0 Å². The van der Waals surface area contributed by atoms with Crippen molar-refractivity contribution in [3.63, 3.8) is 0 Å². The fourth-order valence-corrected chi connectivity index (χ4v) is 2.45. The molecule has 1 aliphatic rings. The van der Waals surface area contributed by atoms with Crippen LogP contribution in [0.4, 0.5) is 0 Å². The Bertz CT molecular complexity index is 342. The molecule has 1 unspecified atom stereocenters. The molecule has 1 rings (SSSR count). The first-order chi connectivity index (χ1) is 9.20. The minimum absolute atomic E-state index is 0.00668. The van der Waals surface area contributed by atoms with Gasteiger partial charge in [0, 0.05) is 19.0 Å². The lowest BCUT2D eigenvalue weighted by Gasteiger charge is -2.28. The fourth-order valence-electron chi connectivity index (χ4n) is 2.45. The topological polar surface area (TPSA) is 92.4 Å². The largest absolute Gasteiger partial charge is 0.481 e. The number of carboxylic acids is 1. The van der Waals surface area contributed by atoms with E-state index in [4.69, 9.17) is 10.8 Å². The van der Waals surface area contributed by atoms with Crippen LogP contribution in [0.3, 0.4) is 0 Å². The summed E-state index contributed by atoms with van der Waals surface area (Å²) in [4.78, 5) is 22.7. The molecule has 0 aromatic heterocycles. The van der Waals surface area contributed by atoms with Gasteiger partial charge in [-0.1, -0.05) is 20.8 Å². The van der Waals surface area contributed by atoms with E-state index in [2.05, 4.69) is 5.32 Å². The van der Waals surface area contributed by atoms with Gasteiger partial charge in [-0.05, 0) is 37.0 Å². The van der Waals surface area contributed by atoms with Crippen LogP contribution in [0.1, 0.15) is 52.9 Å². The molecule has 1 saturated carbocycles. The lowest BCUT2D eigenvalue weighted by atomic mass is 9.82. The van der Waals surface area contributed by atoms with E-state index in [1.54, 1.807) is 0 Å². The van der Waals surface area contributed by atoms with Crippen molar-refractivity contribution < 1.29 is 14.7 Å². The van der Waals surface area contributed by atoms with Crippen molar-refractivity contribution in [1.82, 2.24) is 5.32 Å². The van der Waals surface area contributed by atoms with E-state index in [0.717, 1.165) is 25.7 Å². The van der Waals surface area contributed by atoms with E-state index in [-0.39, 0.29) is 23.3 Å². The minimum Gasteiger partial charge on any atom is -0.481 e. The second kappa shape index (κ2) is 7.07. The molecule has 5 heteroatoms. The van der Waals surface area contributed by atoms with Crippen LogP contribution in [-0.2, 0) is 9.59 Å². The second-order valence-corrected chi connectivity index (χ2v) is 7.04. The summed E-state index contributed by atoms with van der Waals surface area (Å²) in [5.74, 6) is -0.493. The van der Waals surface area contributed by atoms with Crippen molar-refractivity contribution in [3.05, 3.63) is 0 Å². The van der Waals surface area contributed by atoms with Gasteiger partial charge < -0.3 is 16.2 Å². The number of amides is 1. The third-order valence-electron chi connectivity index (χ3n) is 4.30. The first-order valence-corrected chi connectivity index (χ1v) is 7.45. The summed E-state index contributed by atoms with van der Waals surface area (Å²) >= 11 is 0. The van der Waals surface area contributed by atoms with Crippen LogP contribution in [-0.4, -0.2) is 29.6 Å². The van der Waals surface area contributed by atoms with Gasteiger partial charge in [-0.2, -0.15) is 0 Å². The molecular formula is C15H28N2O3. The third-order valence-corrected chi connectivity index (χ3v) is 4.30. The quantitative estimate of drug-likeness (QED) is 0.717. The number of rotatable bonds is 5. The summed E-state index contributed by atoms with van der Waals surface area (Å²) in [7, 11) is 0. The second-order valence-electron chi connectivity index (χ2n) is 7.04. The molecule has 20 heavy (non-hydrogen) atoms. The van der Waals surface area contributed by atoms with Crippen LogP contribution in [0, 0.1) is 17.3 Å². The van der Waals surface area contributed by atoms with Crippen LogP contribution in [0.2, 0.25) is 0 Å². The normalized spacial score (nSPS) is 25.0. The summed E-state index contributed by atoms with van der Waals surface area (Å²) < 4.78 is 0. The van der Waals surface area contributed by atoms with E-state index in [9.17, 15) is 9.59 Å². The molecule has 0 radical (unpaired) electrons. The van der Waals surface area contributed by atoms with E-state index >= 15 is 0 Å². The van der Waals surface area contributed by atoms with Crippen LogP contribution in [0.5, 0.6) is 0 Å². The molecule has 5 nitrogen and oxygen atoms in total. The molecule has 1 amide bonds. The average Bonchev–Trinajstić information content (AvgIpc) is 2.35. The number of hydrogen-bond donors (Lipinski definition) is 3. The average molecular weight is 284 g/mol. The first-order valence-electron chi connectivity index (χ1n) is 7.45. The highest BCUT2D eigenvalue weighted by molar-refractivity contribution is 5.76. The molecule has 0 bridgehead atoms. The molecule has 1 fully saturated rings. The van der Waals surface area contributed by atoms with Crippen LogP contribution in [0.15, 0.2) is 0 Å². The number of carbonyl (C=O) groups excluding carboxylic acids is 1. The van der Waals surface area contributed by atoms with Crippen molar-refractivity contribution in [2.24, 2.45) is 23.0 Å². The Labute approximate surface area is 121 Å². The third kappa shape index (κ3) is 5.49. The van der Waals surface area contributed by atoms with Gasteiger partial charge in [-0.25, -0.2) is 0 Å². The van der Waals surface area contributed by atoms with Gasteiger partial charge in [0.25, 0.3) is 0 Å².